The zero-order chi connectivity index (χ0) is 19.6. The zero-order valence-corrected chi connectivity index (χ0v) is 15.4. The minimum atomic E-state index is -0.523. The summed E-state index contributed by atoms with van der Waals surface area (Å²) in [5.74, 6) is -0.210. The Balaban J connectivity index is 1.91. The molecule has 1 aromatic heterocycles. The molecule has 0 aliphatic rings. The average molecular weight is 364 g/mol. The number of carbonyl (C=O) groups excluding carboxylic acids is 2. The summed E-state index contributed by atoms with van der Waals surface area (Å²) < 4.78 is 10.7. The Labute approximate surface area is 156 Å². The molecule has 0 N–H and O–H groups in total. The smallest absolute Gasteiger partial charge is 0.338 e. The third-order valence-corrected chi connectivity index (χ3v) is 4.48. The van der Waals surface area contributed by atoms with E-state index in [4.69, 9.17) is 9.15 Å². The van der Waals surface area contributed by atoms with Crippen molar-refractivity contribution in [3.8, 4) is 0 Å². The Morgan fingerprint density at radius 2 is 1.85 bits per heavy atom. The van der Waals surface area contributed by atoms with Crippen molar-refractivity contribution < 1.29 is 18.7 Å². The Morgan fingerprint density at radius 3 is 2.48 bits per heavy atom. The highest BCUT2D eigenvalue weighted by Gasteiger charge is 2.13. The van der Waals surface area contributed by atoms with E-state index in [1.165, 1.54) is 18.2 Å². The molecule has 0 radical (unpaired) electrons. The van der Waals surface area contributed by atoms with Crippen LogP contribution >= 0.6 is 0 Å². The number of fused-ring (bicyclic) bond motifs is 1. The van der Waals surface area contributed by atoms with E-state index in [1.54, 1.807) is 12.1 Å². The molecule has 5 heteroatoms. The van der Waals surface area contributed by atoms with Crippen LogP contribution in [0.1, 0.15) is 57.2 Å². The summed E-state index contributed by atoms with van der Waals surface area (Å²) in [5.41, 5.74) is 3.60. The SMILES string of the molecule is Cc1cc2oc(=O)cc(COC(=O)c3ccc(C=O)cc3)c2cc1C(C)C. The van der Waals surface area contributed by atoms with Crippen molar-refractivity contribution in [1.29, 1.82) is 0 Å². The monoisotopic (exact) mass is 364 g/mol. The van der Waals surface area contributed by atoms with Crippen molar-refractivity contribution >= 4 is 23.2 Å². The van der Waals surface area contributed by atoms with Crippen LogP contribution in [0.25, 0.3) is 11.0 Å². The maximum Gasteiger partial charge on any atom is 0.338 e. The van der Waals surface area contributed by atoms with Crippen LogP contribution in [0.15, 0.2) is 51.7 Å². The van der Waals surface area contributed by atoms with Crippen LogP contribution in [-0.2, 0) is 11.3 Å². The molecule has 27 heavy (non-hydrogen) atoms. The molecule has 0 unspecified atom stereocenters. The van der Waals surface area contributed by atoms with Crippen LogP contribution in [-0.4, -0.2) is 12.3 Å². The van der Waals surface area contributed by atoms with E-state index in [-0.39, 0.29) is 6.61 Å². The molecule has 138 valence electrons. The molecular formula is C22H20O5. The van der Waals surface area contributed by atoms with Crippen LogP contribution in [0.4, 0.5) is 0 Å². The van der Waals surface area contributed by atoms with Gasteiger partial charge in [-0.3, -0.25) is 4.79 Å². The summed E-state index contributed by atoms with van der Waals surface area (Å²) in [6.07, 6.45) is 0.707. The Morgan fingerprint density at radius 1 is 1.15 bits per heavy atom. The Kier molecular flexibility index (Phi) is 5.21. The number of ether oxygens (including phenoxy) is 1. The van der Waals surface area contributed by atoms with Gasteiger partial charge in [-0.15, -0.1) is 0 Å². The van der Waals surface area contributed by atoms with Gasteiger partial charge in [-0.25, -0.2) is 9.59 Å². The highest BCUT2D eigenvalue weighted by Crippen LogP contribution is 2.27. The second-order valence-electron chi connectivity index (χ2n) is 6.77. The molecule has 0 aliphatic heterocycles. The highest BCUT2D eigenvalue weighted by atomic mass is 16.5. The number of hydrogen-bond donors (Lipinski definition) is 0. The average Bonchev–Trinajstić information content (AvgIpc) is 2.65. The molecule has 0 aliphatic carbocycles. The molecule has 1 heterocycles. The van der Waals surface area contributed by atoms with Gasteiger partial charge in [0.25, 0.3) is 0 Å². The van der Waals surface area contributed by atoms with Gasteiger partial charge >= 0.3 is 11.6 Å². The quantitative estimate of drug-likeness (QED) is 0.381. The van der Waals surface area contributed by atoms with Crippen LogP contribution in [0.2, 0.25) is 0 Å². The standard InChI is InChI=1S/C22H20O5/c1-13(2)18-10-19-17(9-21(24)27-20(19)8-14(18)3)12-26-22(25)16-6-4-15(11-23)5-7-16/h4-11,13H,12H2,1-3H3. The number of rotatable bonds is 5. The molecule has 3 aromatic rings. The van der Waals surface area contributed by atoms with E-state index < -0.39 is 11.6 Å². The number of benzene rings is 2. The zero-order valence-electron chi connectivity index (χ0n) is 15.4. The van der Waals surface area contributed by atoms with Crippen LogP contribution in [0.3, 0.4) is 0 Å². The maximum absolute atomic E-state index is 12.3. The number of aldehydes is 1. The first kappa shape index (κ1) is 18.6. The van der Waals surface area contributed by atoms with Gasteiger partial charge in [0.2, 0.25) is 0 Å². The molecule has 0 spiro atoms. The predicted molar refractivity (Wildman–Crippen MR) is 102 cm³/mol. The van der Waals surface area contributed by atoms with Crippen LogP contribution < -0.4 is 5.63 Å². The molecule has 0 saturated heterocycles. The Hall–Kier alpha value is -3.21. The summed E-state index contributed by atoms with van der Waals surface area (Å²) in [7, 11) is 0. The minimum Gasteiger partial charge on any atom is -0.457 e. The first-order chi connectivity index (χ1) is 12.9. The summed E-state index contributed by atoms with van der Waals surface area (Å²) in [5, 5.41) is 0.757. The summed E-state index contributed by atoms with van der Waals surface area (Å²) in [4.78, 5) is 34.8. The first-order valence-corrected chi connectivity index (χ1v) is 8.68. The van der Waals surface area contributed by atoms with E-state index >= 15 is 0 Å². The summed E-state index contributed by atoms with van der Waals surface area (Å²) in [6.45, 7) is 6.12. The topological polar surface area (TPSA) is 73.6 Å². The lowest BCUT2D eigenvalue weighted by Crippen LogP contribution is -2.08. The van der Waals surface area contributed by atoms with Gasteiger partial charge in [-0.2, -0.15) is 0 Å². The molecule has 5 nitrogen and oxygen atoms in total. The highest BCUT2D eigenvalue weighted by molar-refractivity contribution is 5.90. The largest absolute Gasteiger partial charge is 0.457 e. The van der Waals surface area contributed by atoms with Crippen molar-refractivity contribution in [1.82, 2.24) is 0 Å². The summed E-state index contributed by atoms with van der Waals surface area (Å²) >= 11 is 0. The molecule has 0 amide bonds. The maximum atomic E-state index is 12.3. The lowest BCUT2D eigenvalue weighted by Gasteiger charge is -2.13. The van der Waals surface area contributed by atoms with E-state index in [1.807, 2.05) is 19.1 Å². The lowest BCUT2D eigenvalue weighted by atomic mass is 9.95. The fourth-order valence-electron chi connectivity index (χ4n) is 3.06. The lowest BCUT2D eigenvalue weighted by molar-refractivity contribution is 0.0473. The van der Waals surface area contributed by atoms with Crippen molar-refractivity contribution in [3.05, 3.63) is 80.7 Å². The van der Waals surface area contributed by atoms with Gasteiger partial charge in [0.05, 0.1) is 5.56 Å². The van der Waals surface area contributed by atoms with Crippen LogP contribution in [0, 0.1) is 6.92 Å². The van der Waals surface area contributed by atoms with Gasteiger partial charge in [0.15, 0.2) is 0 Å². The van der Waals surface area contributed by atoms with E-state index in [2.05, 4.69) is 13.8 Å². The molecule has 0 atom stereocenters. The Bertz CT molecular complexity index is 1060. The number of esters is 1. The van der Waals surface area contributed by atoms with Crippen molar-refractivity contribution in [2.45, 2.75) is 33.3 Å². The summed E-state index contributed by atoms with van der Waals surface area (Å²) in [6, 6.07) is 11.3. The minimum absolute atomic E-state index is 0.0447. The molecule has 3 rings (SSSR count). The predicted octanol–water partition coefficient (Wildman–Crippen LogP) is 4.39. The number of hydrogen-bond acceptors (Lipinski definition) is 5. The van der Waals surface area contributed by atoms with Crippen molar-refractivity contribution in [3.63, 3.8) is 0 Å². The first-order valence-electron chi connectivity index (χ1n) is 8.68. The molecule has 0 saturated carbocycles. The number of aryl methyl sites for hydroxylation is 1. The second kappa shape index (κ2) is 7.58. The fraction of sp³-hybridized carbons (Fsp3) is 0.227. The normalized spacial score (nSPS) is 11.0. The van der Waals surface area contributed by atoms with Gasteiger partial charge in [0, 0.05) is 22.6 Å². The number of carbonyl (C=O) groups is 2. The molecule has 0 bridgehead atoms. The van der Waals surface area contributed by atoms with Crippen molar-refractivity contribution in [2.24, 2.45) is 0 Å². The molecule has 0 fully saturated rings. The molecular weight excluding hydrogens is 344 g/mol. The third-order valence-electron chi connectivity index (χ3n) is 4.48. The molecule has 2 aromatic carbocycles. The van der Waals surface area contributed by atoms with E-state index in [0.717, 1.165) is 16.5 Å². The van der Waals surface area contributed by atoms with Gasteiger partial charge < -0.3 is 9.15 Å². The van der Waals surface area contributed by atoms with E-state index in [0.29, 0.717) is 34.5 Å². The van der Waals surface area contributed by atoms with Gasteiger partial charge in [0.1, 0.15) is 18.5 Å². The third kappa shape index (κ3) is 3.97. The van der Waals surface area contributed by atoms with Gasteiger partial charge in [-0.05, 0) is 48.2 Å². The van der Waals surface area contributed by atoms with Crippen molar-refractivity contribution in [2.75, 3.05) is 0 Å². The van der Waals surface area contributed by atoms with Gasteiger partial charge in [-0.1, -0.05) is 26.0 Å². The van der Waals surface area contributed by atoms with E-state index in [9.17, 15) is 14.4 Å². The van der Waals surface area contributed by atoms with Crippen LogP contribution in [0.5, 0.6) is 0 Å². The second-order valence-corrected chi connectivity index (χ2v) is 6.77. The fourth-order valence-corrected chi connectivity index (χ4v) is 3.06.